The van der Waals surface area contributed by atoms with Crippen LogP contribution in [0, 0.1) is 5.92 Å². The van der Waals surface area contributed by atoms with Crippen LogP contribution >= 0.6 is 12.4 Å². The predicted molar refractivity (Wildman–Crippen MR) is 89.1 cm³/mol. The van der Waals surface area contributed by atoms with Crippen molar-refractivity contribution in [3.8, 4) is 11.5 Å². The molecule has 0 radical (unpaired) electrons. The maximum Gasteiger partial charge on any atom is 0.224 e. The van der Waals surface area contributed by atoms with E-state index in [1.807, 2.05) is 18.2 Å². The number of amides is 1. The van der Waals surface area contributed by atoms with Crippen LogP contribution in [-0.4, -0.2) is 39.8 Å². The summed E-state index contributed by atoms with van der Waals surface area (Å²) < 4.78 is 10.5. The number of carbonyl (C=O) groups is 1. The normalized spacial score (nSPS) is 16.7. The largest absolute Gasteiger partial charge is 0.497 e. The lowest BCUT2D eigenvalue weighted by Gasteiger charge is -2.12. The van der Waals surface area contributed by atoms with E-state index >= 15 is 0 Å². The maximum atomic E-state index is 12.0. The van der Waals surface area contributed by atoms with Crippen LogP contribution in [0.4, 0.5) is 0 Å². The monoisotopic (exact) mass is 328 g/mol. The van der Waals surface area contributed by atoms with Crippen LogP contribution in [0.2, 0.25) is 0 Å². The van der Waals surface area contributed by atoms with Gasteiger partial charge in [-0.1, -0.05) is 0 Å². The lowest BCUT2D eigenvalue weighted by atomic mass is 10.1. The van der Waals surface area contributed by atoms with Gasteiger partial charge >= 0.3 is 0 Å². The maximum absolute atomic E-state index is 12.0. The number of nitrogens with one attached hydrogen (secondary N) is 2. The molecule has 1 aromatic rings. The topological polar surface area (TPSA) is 59.6 Å². The molecule has 0 saturated carbocycles. The molecule has 1 amide bonds. The van der Waals surface area contributed by atoms with E-state index in [-0.39, 0.29) is 18.3 Å². The Morgan fingerprint density at radius 2 is 2.18 bits per heavy atom. The number of ether oxygens (including phenoxy) is 2. The van der Waals surface area contributed by atoms with E-state index in [1.165, 1.54) is 6.42 Å². The number of halogens is 1. The highest BCUT2D eigenvalue weighted by Gasteiger charge is 2.15. The molecule has 1 saturated heterocycles. The summed E-state index contributed by atoms with van der Waals surface area (Å²) in [6, 6.07) is 5.50. The summed E-state index contributed by atoms with van der Waals surface area (Å²) in [5, 5.41) is 6.32. The zero-order valence-electron chi connectivity index (χ0n) is 13.2. The van der Waals surface area contributed by atoms with Crippen LogP contribution in [0.1, 0.15) is 18.4 Å². The second-order valence-corrected chi connectivity index (χ2v) is 5.35. The standard InChI is InChI=1S/C16H24N2O3.ClH/c1-20-14-3-4-15(21-2)13(9-14)10-16(19)18-8-6-12-5-7-17-11-12;/h3-4,9,12,17H,5-8,10-11H2,1-2H3,(H,18,19);1H. The van der Waals surface area contributed by atoms with E-state index in [0.717, 1.165) is 37.4 Å². The minimum Gasteiger partial charge on any atom is -0.497 e. The first kappa shape index (κ1) is 18.6. The van der Waals surface area contributed by atoms with E-state index < -0.39 is 0 Å². The van der Waals surface area contributed by atoms with Gasteiger partial charge in [-0.25, -0.2) is 0 Å². The smallest absolute Gasteiger partial charge is 0.224 e. The summed E-state index contributed by atoms with van der Waals surface area (Å²) in [4.78, 5) is 12.0. The van der Waals surface area contributed by atoms with Crippen LogP contribution < -0.4 is 20.1 Å². The van der Waals surface area contributed by atoms with Crippen LogP contribution in [-0.2, 0) is 11.2 Å². The molecule has 2 rings (SSSR count). The third kappa shape index (κ3) is 5.39. The fourth-order valence-electron chi connectivity index (χ4n) is 2.63. The van der Waals surface area contributed by atoms with Gasteiger partial charge in [-0.05, 0) is 50.0 Å². The quantitative estimate of drug-likeness (QED) is 0.801. The van der Waals surface area contributed by atoms with E-state index in [1.54, 1.807) is 14.2 Å². The minimum absolute atomic E-state index is 0. The van der Waals surface area contributed by atoms with Crippen LogP contribution in [0.25, 0.3) is 0 Å². The molecule has 0 aliphatic carbocycles. The molecule has 1 aliphatic rings. The highest BCUT2D eigenvalue weighted by Crippen LogP contribution is 2.24. The zero-order valence-corrected chi connectivity index (χ0v) is 14.0. The Balaban J connectivity index is 0.00000242. The Morgan fingerprint density at radius 3 is 2.82 bits per heavy atom. The summed E-state index contributed by atoms with van der Waals surface area (Å²) in [7, 11) is 3.22. The molecule has 1 aliphatic heterocycles. The molecule has 1 heterocycles. The van der Waals surface area contributed by atoms with Crippen molar-refractivity contribution in [3.05, 3.63) is 23.8 Å². The van der Waals surface area contributed by atoms with Gasteiger partial charge in [-0.3, -0.25) is 4.79 Å². The molecule has 124 valence electrons. The summed E-state index contributed by atoms with van der Waals surface area (Å²) in [5.74, 6) is 2.16. The van der Waals surface area contributed by atoms with Crippen molar-refractivity contribution < 1.29 is 14.3 Å². The van der Waals surface area contributed by atoms with E-state index in [0.29, 0.717) is 18.1 Å². The zero-order chi connectivity index (χ0) is 15.1. The Morgan fingerprint density at radius 1 is 1.36 bits per heavy atom. The highest BCUT2D eigenvalue weighted by molar-refractivity contribution is 5.85. The van der Waals surface area contributed by atoms with Crippen LogP contribution in [0.15, 0.2) is 18.2 Å². The number of hydrogen-bond acceptors (Lipinski definition) is 4. The van der Waals surface area contributed by atoms with Gasteiger partial charge in [0.25, 0.3) is 0 Å². The van der Waals surface area contributed by atoms with Gasteiger partial charge in [0.2, 0.25) is 5.91 Å². The number of carbonyl (C=O) groups excluding carboxylic acids is 1. The Kier molecular flexibility index (Phi) is 8.06. The highest BCUT2D eigenvalue weighted by atomic mass is 35.5. The average molecular weight is 329 g/mol. The Hall–Kier alpha value is -1.46. The molecule has 22 heavy (non-hydrogen) atoms. The number of rotatable bonds is 7. The Labute approximate surface area is 138 Å². The van der Waals surface area contributed by atoms with Crippen LogP contribution in [0.5, 0.6) is 11.5 Å². The predicted octanol–water partition coefficient (Wildman–Crippen LogP) is 1.78. The molecule has 0 aromatic heterocycles. The molecular weight excluding hydrogens is 304 g/mol. The number of methoxy groups -OCH3 is 2. The van der Waals surface area contributed by atoms with Crippen molar-refractivity contribution in [2.24, 2.45) is 5.92 Å². The fourth-order valence-corrected chi connectivity index (χ4v) is 2.63. The van der Waals surface area contributed by atoms with Gasteiger partial charge in [0.05, 0.1) is 20.6 Å². The van der Waals surface area contributed by atoms with Gasteiger partial charge in [0.15, 0.2) is 0 Å². The van der Waals surface area contributed by atoms with Gasteiger partial charge < -0.3 is 20.1 Å². The first-order valence-corrected chi connectivity index (χ1v) is 7.41. The lowest BCUT2D eigenvalue weighted by Crippen LogP contribution is -2.28. The summed E-state index contributed by atoms with van der Waals surface area (Å²) in [6.45, 7) is 2.90. The Bertz CT molecular complexity index is 476. The van der Waals surface area contributed by atoms with Crippen molar-refractivity contribution in [3.63, 3.8) is 0 Å². The van der Waals surface area contributed by atoms with E-state index in [4.69, 9.17) is 9.47 Å². The molecule has 1 aromatic carbocycles. The van der Waals surface area contributed by atoms with E-state index in [2.05, 4.69) is 10.6 Å². The van der Waals surface area contributed by atoms with Crippen molar-refractivity contribution in [2.75, 3.05) is 33.9 Å². The van der Waals surface area contributed by atoms with Gasteiger partial charge in [-0.15, -0.1) is 12.4 Å². The molecule has 2 N–H and O–H groups in total. The van der Waals surface area contributed by atoms with Crippen molar-refractivity contribution in [1.82, 2.24) is 10.6 Å². The van der Waals surface area contributed by atoms with Crippen molar-refractivity contribution >= 4 is 18.3 Å². The third-order valence-electron chi connectivity index (χ3n) is 3.88. The molecule has 0 spiro atoms. The first-order valence-electron chi connectivity index (χ1n) is 7.41. The molecule has 1 unspecified atom stereocenters. The second kappa shape index (κ2) is 9.54. The van der Waals surface area contributed by atoms with Gasteiger partial charge in [-0.2, -0.15) is 0 Å². The van der Waals surface area contributed by atoms with Gasteiger partial charge in [0, 0.05) is 12.1 Å². The van der Waals surface area contributed by atoms with Crippen molar-refractivity contribution in [1.29, 1.82) is 0 Å². The summed E-state index contributed by atoms with van der Waals surface area (Å²) >= 11 is 0. The van der Waals surface area contributed by atoms with Gasteiger partial charge in [0.1, 0.15) is 11.5 Å². The fraction of sp³-hybridized carbons (Fsp3) is 0.562. The molecule has 1 atom stereocenters. The number of hydrogen-bond donors (Lipinski definition) is 2. The second-order valence-electron chi connectivity index (χ2n) is 5.35. The molecule has 1 fully saturated rings. The number of benzene rings is 1. The minimum atomic E-state index is 0. The van der Waals surface area contributed by atoms with Crippen LogP contribution in [0.3, 0.4) is 0 Å². The first-order chi connectivity index (χ1) is 10.2. The molecule has 5 nitrogen and oxygen atoms in total. The summed E-state index contributed by atoms with van der Waals surface area (Å²) in [6.07, 6.45) is 2.55. The average Bonchev–Trinajstić information content (AvgIpc) is 3.00. The molecule has 0 bridgehead atoms. The van der Waals surface area contributed by atoms with E-state index in [9.17, 15) is 4.79 Å². The SMILES string of the molecule is COc1ccc(OC)c(CC(=O)NCCC2CCNC2)c1.Cl. The summed E-state index contributed by atoms with van der Waals surface area (Å²) in [5.41, 5.74) is 0.844. The third-order valence-corrected chi connectivity index (χ3v) is 3.88. The molecule has 6 heteroatoms. The van der Waals surface area contributed by atoms with Crippen molar-refractivity contribution in [2.45, 2.75) is 19.3 Å². The lowest BCUT2D eigenvalue weighted by molar-refractivity contribution is -0.120. The molecular formula is C16H25ClN2O3.